The number of H-pyrrole nitrogens is 1. The van der Waals surface area contributed by atoms with Gasteiger partial charge in [0.05, 0.1) is 16.8 Å². The van der Waals surface area contributed by atoms with Crippen LogP contribution in [0.1, 0.15) is 44.1 Å². The SMILES string of the molecule is Cc1ccc2nc(SCC(=O)N3CCCC4CCCCC43)[nH]c2c1. The molecule has 1 saturated heterocycles. The molecule has 0 bridgehead atoms. The third-order valence-electron chi connectivity index (χ3n) is 5.51. The quantitative estimate of drug-likeness (QED) is 0.852. The lowest BCUT2D eigenvalue weighted by atomic mass is 9.78. The minimum absolute atomic E-state index is 0.285. The highest BCUT2D eigenvalue weighted by molar-refractivity contribution is 7.99. The molecular formula is C19H25N3OS. The molecule has 1 aromatic heterocycles. The number of nitrogens with one attached hydrogen (secondary N) is 1. The number of carbonyl (C=O) groups excluding carboxylic acids is 1. The molecule has 2 unspecified atom stereocenters. The van der Waals surface area contributed by atoms with Crippen LogP contribution in [0.15, 0.2) is 23.4 Å². The van der Waals surface area contributed by atoms with Crippen molar-refractivity contribution in [2.24, 2.45) is 5.92 Å². The molecule has 1 aliphatic carbocycles. The molecule has 1 saturated carbocycles. The normalized spacial score (nSPS) is 24.1. The van der Waals surface area contributed by atoms with Crippen molar-refractivity contribution in [2.75, 3.05) is 12.3 Å². The first-order chi connectivity index (χ1) is 11.7. The summed E-state index contributed by atoms with van der Waals surface area (Å²) in [4.78, 5) is 22.9. The lowest BCUT2D eigenvalue weighted by molar-refractivity contribution is -0.134. The zero-order valence-corrected chi connectivity index (χ0v) is 15.1. The Bertz CT molecular complexity index is 739. The van der Waals surface area contributed by atoms with E-state index in [1.54, 1.807) is 0 Å². The summed E-state index contributed by atoms with van der Waals surface area (Å²) in [5, 5.41) is 0.848. The van der Waals surface area contributed by atoms with Crippen molar-refractivity contribution < 1.29 is 4.79 Å². The summed E-state index contributed by atoms with van der Waals surface area (Å²) >= 11 is 1.54. The van der Waals surface area contributed by atoms with Crippen LogP contribution in [0.4, 0.5) is 0 Å². The van der Waals surface area contributed by atoms with Gasteiger partial charge in [0, 0.05) is 12.6 Å². The van der Waals surface area contributed by atoms with Crippen molar-refractivity contribution in [1.29, 1.82) is 0 Å². The highest BCUT2D eigenvalue weighted by Crippen LogP contribution is 2.35. The van der Waals surface area contributed by atoms with Gasteiger partial charge in [-0.1, -0.05) is 30.7 Å². The Balaban J connectivity index is 1.41. The summed E-state index contributed by atoms with van der Waals surface area (Å²) in [5.74, 6) is 1.52. The molecular weight excluding hydrogens is 318 g/mol. The molecule has 2 heterocycles. The lowest BCUT2D eigenvalue weighted by Gasteiger charge is -2.44. The van der Waals surface area contributed by atoms with Gasteiger partial charge in [0.15, 0.2) is 5.16 Å². The number of thioether (sulfide) groups is 1. The highest BCUT2D eigenvalue weighted by atomic mass is 32.2. The maximum Gasteiger partial charge on any atom is 0.233 e. The predicted molar refractivity (Wildman–Crippen MR) is 98.2 cm³/mol. The average molecular weight is 343 g/mol. The number of hydrogen-bond donors (Lipinski definition) is 1. The fourth-order valence-corrected chi connectivity index (χ4v) is 5.09. The van der Waals surface area contributed by atoms with Crippen LogP contribution in [0.5, 0.6) is 0 Å². The summed E-state index contributed by atoms with van der Waals surface area (Å²) in [5.41, 5.74) is 3.24. The van der Waals surface area contributed by atoms with Crippen LogP contribution in [0.2, 0.25) is 0 Å². The van der Waals surface area contributed by atoms with Crippen molar-refractivity contribution in [3.8, 4) is 0 Å². The summed E-state index contributed by atoms with van der Waals surface area (Å²) in [7, 11) is 0. The largest absolute Gasteiger partial charge is 0.339 e. The molecule has 4 nitrogen and oxygen atoms in total. The first-order valence-corrected chi connectivity index (χ1v) is 10.1. The molecule has 128 valence electrons. The Kier molecular flexibility index (Phi) is 4.53. The van der Waals surface area contributed by atoms with E-state index in [0.717, 1.165) is 28.7 Å². The van der Waals surface area contributed by atoms with Gasteiger partial charge >= 0.3 is 0 Å². The molecule has 1 amide bonds. The van der Waals surface area contributed by atoms with Crippen molar-refractivity contribution >= 4 is 28.7 Å². The van der Waals surface area contributed by atoms with Gasteiger partial charge in [-0.15, -0.1) is 0 Å². The average Bonchev–Trinajstić information content (AvgIpc) is 3.01. The van der Waals surface area contributed by atoms with E-state index in [-0.39, 0.29) is 5.91 Å². The van der Waals surface area contributed by atoms with E-state index in [1.165, 1.54) is 55.9 Å². The van der Waals surface area contributed by atoms with Crippen molar-refractivity contribution in [3.05, 3.63) is 23.8 Å². The van der Waals surface area contributed by atoms with Gasteiger partial charge in [0.25, 0.3) is 0 Å². The number of fused-ring (bicyclic) bond motifs is 2. The Morgan fingerprint density at radius 1 is 1.29 bits per heavy atom. The second-order valence-corrected chi connectivity index (χ2v) is 8.16. The molecule has 2 fully saturated rings. The Hall–Kier alpha value is -1.49. The number of hydrogen-bond acceptors (Lipinski definition) is 3. The van der Waals surface area contributed by atoms with Crippen LogP contribution in [-0.2, 0) is 4.79 Å². The van der Waals surface area contributed by atoms with Crippen LogP contribution in [0, 0.1) is 12.8 Å². The summed E-state index contributed by atoms with van der Waals surface area (Å²) in [6.07, 6.45) is 7.61. The number of benzene rings is 1. The predicted octanol–water partition coefficient (Wildman–Crippen LogP) is 4.14. The topological polar surface area (TPSA) is 49.0 Å². The van der Waals surface area contributed by atoms with Gasteiger partial charge < -0.3 is 9.88 Å². The number of aryl methyl sites for hydroxylation is 1. The molecule has 4 rings (SSSR count). The van der Waals surface area contributed by atoms with Crippen molar-refractivity contribution in [2.45, 2.75) is 56.6 Å². The first kappa shape index (κ1) is 16.0. The molecule has 5 heteroatoms. The van der Waals surface area contributed by atoms with E-state index in [1.807, 2.05) is 6.07 Å². The van der Waals surface area contributed by atoms with Crippen molar-refractivity contribution in [3.63, 3.8) is 0 Å². The fourth-order valence-electron chi connectivity index (χ4n) is 4.32. The summed E-state index contributed by atoms with van der Waals surface area (Å²) in [6, 6.07) is 6.70. The standard InChI is InChI=1S/C19H25N3OS/c1-13-8-9-15-16(11-13)21-19(20-15)24-12-18(23)22-10-4-6-14-5-2-3-7-17(14)22/h8-9,11,14,17H,2-7,10,12H2,1H3,(H,20,21). The van der Waals surface area contributed by atoms with E-state index >= 15 is 0 Å². The summed E-state index contributed by atoms with van der Waals surface area (Å²) < 4.78 is 0. The van der Waals surface area contributed by atoms with E-state index in [4.69, 9.17) is 0 Å². The monoisotopic (exact) mass is 343 g/mol. The number of aromatic nitrogens is 2. The molecule has 0 spiro atoms. The zero-order valence-electron chi connectivity index (χ0n) is 14.3. The van der Waals surface area contributed by atoms with Gasteiger partial charge in [-0.25, -0.2) is 4.98 Å². The maximum absolute atomic E-state index is 12.8. The van der Waals surface area contributed by atoms with Crippen LogP contribution in [0.25, 0.3) is 11.0 Å². The van der Waals surface area contributed by atoms with Gasteiger partial charge in [0.1, 0.15) is 0 Å². The second kappa shape index (κ2) is 6.79. The van der Waals surface area contributed by atoms with Gasteiger partial charge in [-0.2, -0.15) is 0 Å². The number of likely N-dealkylation sites (tertiary alicyclic amines) is 1. The Morgan fingerprint density at radius 2 is 2.12 bits per heavy atom. The van der Waals surface area contributed by atoms with E-state index in [2.05, 4.69) is 33.9 Å². The fraction of sp³-hybridized carbons (Fsp3) is 0.579. The smallest absolute Gasteiger partial charge is 0.233 e. The molecule has 2 aliphatic rings. The van der Waals surface area contributed by atoms with E-state index < -0.39 is 0 Å². The molecule has 0 radical (unpaired) electrons. The minimum Gasteiger partial charge on any atom is -0.339 e. The number of imidazole rings is 1. The lowest BCUT2D eigenvalue weighted by Crippen LogP contribution is -2.50. The molecule has 2 atom stereocenters. The van der Waals surface area contributed by atoms with Crippen LogP contribution in [0.3, 0.4) is 0 Å². The minimum atomic E-state index is 0.285. The molecule has 2 aromatic rings. The first-order valence-electron chi connectivity index (χ1n) is 9.09. The Morgan fingerprint density at radius 3 is 3.04 bits per heavy atom. The van der Waals surface area contributed by atoms with Crippen LogP contribution >= 0.6 is 11.8 Å². The third kappa shape index (κ3) is 3.18. The van der Waals surface area contributed by atoms with E-state index in [9.17, 15) is 4.79 Å². The van der Waals surface area contributed by atoms with Gasteiger partial charge in [0.2, 0.25) is 5.91 Å². The number of nitrogens with zero attached hydrogens (tertiary/aromatic N) is 2. The zero-order chi connectivity index (χ0) is 16.5. The van der Waals surface area contributed by atoms with E-state index in [0.29, 0.717) is 11.8 Å². The molecule has 1 aliphatic heterocycles. The van der Waals surface area contributed by atoms with Gasteiger partial charge in [-0.3, -0.25) is 4.79 Å². The number of amides is 1. The second-order valence-electron chi connectivity index (χ2n) is 7.19. The number of aromatic amines is 1. The van der Waals surface area contributed by atoms with Crippen molar-refractivity contribution in [1.82, 2.24) is 14.9 Å². The number of carbonyl (C=O) groups is 1. The van der Waals surface area contributed by atoms with Crippen LogP contribution < -0.4 is 0 Å². The number of rotatable bonds is 3. The number of piperidine rings is 1. The molecule has 1 N–H and O–H groups in total. The Labute approximate surface area is 147 Å². The third-order valence-corrected chi connectivity index (χ3v) is 6.37. The van der Waals surface area contributed by atoms with Gasteiger partial charge in [-0.05, 0) is 56.2 Å². The maximum atomic E-state index is 12.8. The molecule has 24 heavy (non-hydrogen) atoms. The summed E-state index contributed by atoms with van der Waals surface area (Å²) in [6.45, 7) is 3.02. The van der Waals surface area contributed by atoms with Crippen LogP contribution in [-0.4, -0.2) is 39.1 Å². The molecule has 1 aromatic carbocycles. The highest BCUT2D eigenvalue weighted by Gasteiger charge is 2.35.